The van der Waals surface area contributed by atoms with Gasteiger partial charge in [-0.2, -0.15) is 5.10 Å². The average Bonchev–Trinajstić information content (AvgIpc) is 3.15. The number of rotatable bonds is 5. The van der Waals surface area contributed by atoms with Gasteiger partial charge in [0.15, 0.2) is 0 Å². The Morgan fingerprint density at radius 3 is 2.33 bits per heavy atom. The zero-order valence-electron chi connectivity index (χ0n) is 17.0. The maximum Gasteiger partial charge on any atom is 0.343 e. The van der Waals surface area contributed by atoms with Gasteiger partial charge in [0.25, 0.3) is 5.91 Å². The number of carbonyl (C=O) groups is 1. The highest BCUT2D eigenvalue weighted by molar-refractivity contribution is 5.94. The van der Waals surface area contributed by atoms with Crippen LogP contribution in [0.1, 0.15) is 53.0 Å². The lowest BCUT2D eigenvalue weighted by molar-refractivity contribution is 0.0710. The summed E-state index contributed by atoms with van der Waals surface area (Å²) in [5.41, 5.74) is 2.48. The highest BCUT2D eigenvalue weighted by Gasteiger charge is 2.28. The summed E-state index contributed by atoms with van der Waals surface area (Å²) in [6.45, 7) is 3.67. The van der Waals surface area contributed by atoms with Crippen LogP contribution in [0.3, 0.4) is 0 Å². The number of H-pyrrole nitrogens is 1. The lowest BCUT2D eigenvalue weighted by atomic mass is 9.95. The maximum atomic E-state index is 13.2. The summed E-state index contributed by atoms with van der Waals surface area (Å²) < 4.78 is 14.8. The molecule has 3 aromatic rings. The van der Waals surface area contributed by atoms with E-state index in [1.54, 1.807) is 16.7 Å². The van der Waals surface area contributed by atoms with Crippen LogP contribution >= 0.6 is 0 Å². The van der Waals surface area contributed by atoms with Gasteiger partial charge in [-0.05, 0) is 54.7 Å². The summed E-state index contributed by atoms with van der Waals surface area (Å²) >= 11 is 0. The summed E-state index contributed by atoms with van der Waals surface area (Å²) in [6, 6.07) is 13.9. The second kappa shape index (κ2) is 8.65. The standard InChI is InChI=1S/C23H25FN4O2/c1-2-16-3-7-19(8-4-16)22(29)27-13-11-18(12-14-27)21-25-26-23(30)28(21)15-17-5-9-20(24)10-6-17/h3-10,18H,2,11-15H2,1H3,(H,26,30). The van der Waals surface area contributed by atoms with Gasteiger partial charge in [-0.1, -0.05) is 31.2 Å². The predicted molar refractivity (Wildman–Crippen MR) is 112 cm³/mol. The number of likely N-dealkylation sites (tertiary alicyclic amines) is 1. The summed E-state index contributed by atoms with van der Waals surface area (Å²) in [6.07, 6.45) is 2.43. The number of halogens is 1. The number of benzene rings is 2. The molecule has 1 aliphatic heterocycles. The van der Waals surface area contributed by atoms with E-state index in [4.69, 9.17) is 0 Å². The number of hydrogen-bond acceptors (Lipinski definition) is 3. The Bertz CT molecular complexity index is 1060. The smallest absolute Gasteiger partial charge is 0.339 e. The van der Waals surface area contributed by atoms with E-state index >= 15 is 0 Å². The first-order valence-electron chi connectivity index (χ1n) is 10.3. The summed E-state index contributed by atoms with van der Waals surface area (Å²) in [7, 11) is 0. The van der Waals surface area contributed by atoms with E-state index in [1.165, 1.54) is 17.7 Å². The molecule has 1 aromatic heterocycles. The summed E-state index contributed by atoms with van der Waals surface area (Å²) in [5.74, 6) is 0.529. The minimum atomic E-state index is -0.306. The van der Waals surface area contributed by atoms with E-state index in [-0.39, 0.29) is 23.3 Å². The molecule has 0 aliphatic carbocycles. The Balaban J connectivity index is 1.43. The molecule has 2 heterocycles. The molecule has 0 saturated carbocycles. The minimum Gasteiger partial charge on any atom is -0.339 e. The molecule has 156 valence electrons. The second-order valence-electron chi connectivity index (χ2n) is 7.72. The fraction of sp³-hybridized carbons (Fsp3) is 0.348. The SMILES string of the molecule is CCc1ccc(C(=O)N2CCC(c3n[nH]c(=O)n3Cc3ccc(F)cc3)CC2)cc1. The summed E-state index contributed by atoms with van der Waals surface area (Å²) in [4.78, 5) is 26.9. The normalized spacial score (nSPS) is 14.8. The van der Waals surface area contributed by atoms with Crippen LogP contribution in [-0.4, -0.2) is 38.7 Å². The van der Waals surface area contributed by atoms with Crippen LogP contribution in [-0.2, 0) is 13.0 Å². The number of nitrogens with one attached hydrogen (secondary N) is 1. The predicted octanol–water partition coefficient (Wildman–Crippen LogP) is 3.34. The van der Waals surface area contributed by atoms with Crippen LogP contribution in [0.2, 0.25) is 0 Å². The Morgan fingerprint density at radius 2 is 1.70 bits per heavy atom. The van der Waals surface area contributed by atoms with E-state index in [0.717, 1.165) is 24.8 Å². The fourth-order valence-corrected chi connectivity index (χ4v) is 3.97. The third kappa shape index (κ3) is 4.20. The molecule has 0 radical (unpaired) electrons. The lowest BCUT2D eigenvalue weighted by Crippen LogP contribution is -2.38. The van der Waals surface area contributed by atoms with Gasteiger partial charge < -0.3 is 4.90 Å². The third-order valence-corrected chi connectivity index (χ3v) is 5.80. The van der Waals surface area contributed by atoms with Crippen molar-refractivity contribution < 1.29 is 9.18 Å². The van der Waals surface area contributed by atoms with Gasteiger partial charge in [0.2, 0.25) is 0 Å². The minimum absolute atomic E-state index is 0.0434. The van der Waals surface area contributed by atoms with E-state index in [0.29, 0.717) is 31.0 Å². The molecule has 1 saturated heterocycles. The van der Waals surface area contributed by atoms with Crippen molar-refractivity contribution in [3.8, 4) is 0 Å². The van der Waals surface area contributed by atoms with Crippen LogP contribution in [0, 0.1) is 5.82 Å². The first kappa shape index (κ1) is 20.1. The first-order chi connectivity index (χ1) is 14.5. The van der Waals surface area contributed by atoms with Crippen molar-refractivity contribution in [1.29, 1.82) is 0 Å². The largest absolute Gasteiger partial charge is 0.343 e. The molecule has 0 unspecified atom stereocenters. The van der Waals surface area contributed by atoms with Crippen molar-refractivity contribution in [2.24, 2.45) is 0 Å². The first-order valence-corrected chi connectivity index (χ1v) is 10.3. The molecule has 2 aromatic carbocycles. The number of piperidine rings is 1. The van der Waals surface area contributed by atoms with Crippen LogP contribution in [0.15, 0.2) is 53.3 Å². The van der Waals surface area contributed by atoms with Crippen molar-refractivity contribution in [1.82, 2.24) is 19.7 Å². The van der Waals surface area contributed by atoms with E-state index in [2.05, 4.69) is 17.1 Å². The number of hydrogen-bond donors (Lipinski definition) is 1. The van der Waals surface area contributed by atoms with Crippen LogP contribution < -0.4 is 5.69 Å². The molecule has 30 heavy (non-hydrogen) atoms. The molecule has 0 atom stereocenters. The van der Waals surface area contributed by atoms with Gasteiger partial charge >= 0.3 is 5.69 Å². The quantitative estimate of drug-likeness (QED) is 0.704. The van der Waals surface area contributed by atoms with E-state index in [9.17, 15) is 14.0 Å². The molecule has 7 heteroatoms. The van der Waals surface area contributed by atoms with Gasteiger partial charge in [-0.15, -0.1) is 0 Å². The number of amides is 1. The molecule has 0 spiro atoms. The second-order valence-corrected chi connectivity index (χ2v) is 7.72. The third-order valence-electron chi connectivity index (χ3n) is 5.80. The van der Waals surface area contributed by atoms with Gasteiger partial charge in [0.05, 0.1) is 6.54 Å². The number of aromatic amines is 1. The number of aromatic nitrogens is 3. The van der Waals surface area contributed by atoms with Crippen molar-refractivity contribution in [2.45, 2.75) is 38.6 Å². The van der Waals surface area contributed by atoms with Crippen LogP contribution in [0.25, 0.3) is 0 Å². The highest BCUT2D eigenvalue weighted by Crippen LogP contribution is 2.27. The Labute approximate surface area is 174 Å². The molecule has 1 N–H and O–H groups in total. The summed E-state index contributed by atoms with van der Waals surface area (Å²) in [5, 5.41) is 6.79. The molecule has 1 amide bonds. The molecule has 4 rings (SSSR count). The Morgan fingerprint density at radius 1 is 1.07 bits per heavy atom. The highest BCUT2D eigenvalue weighted by atomic mass is 19.1. The maximum absolute atomic E-state index is 13.2. The molecular formula is C23H25FN4O2. The van der Waals surface area contributed by atoms with Crippen LogP contribution in [0.4, 0.5) is 4.39 Å². The van der Waals surface area contributed by atoms with E-state index < -0.39 is 0 Å². The monoisotopic (exact) mass is 408 g/mol. The van der Waals surface area contributed by atoms with Crippen molar-refractivity contribution in [2.75, 3.05) is 13.1 Å². The Kier molecular flexibility index (Phi) is 5.79. The number of aryl methyl sites for hydroxylation is 1. The zero-order valence-corrected chi connectivity index (χ0v) is 17.0. The van der Waals surface area contributed by atoms with E-state index in [1.807, 2.05) is 29.2 Å². The van der Waals surface area contributed by atoms with Gasteiger partial charge in [0, 0.05) is 24.6 Å². The van der Waals surface area contributed by atoms with Gasteiger partial charge in [-0.3, -0.25) is 9.36 Å². The lowest BCUT2D eigenvalue weighted by Gasteiger charge is -2.31. The molecule has 6 nitrogen and oxygen atoms in total. The van der Waals surface area contributed by atoms with Crippen molar-refractivity contribution >= 4 is 5.91 Å². The molecular weight excluding hydrogens is 383 g/mol. The molecule has 0 bridgehead atoms. The molecule has 1 fully saturated rings. The zero-order chi connectivity index (χ0) is 21.1. The topological polar surface area (TPSA) is 71.0 Å². The van der Waals surface area contributed by atoms with Gasteiger partial charge in [0.1, 0.15) is 11.6 Å². The van der Waals surface area contributed by atoms with Crippen molar-refractivity contribution in [3.63, 3.8) is 0 Å². The average molecular weight is 408 g/mol. The van der Waals surface area contributed by atoms with Crippen LogP contribution in [0.5, 0.6) is 0 Å². The molecule has 1 aliphatic rings. The Hall–Kier alpha value is -3.22. The van der Waals surface area contributed by atoms with Gasteiger partial charge in [-0.25, -0.2) is 14.3 Å². The number of nitrogens with zero attached hydrogens (tertiary/aromatic N) is 3. The number of carbonyl (C=O) groups excluding carboxylic acids is 1. The van der Waals surface area contributed by atoms with Crippen molar-refractivity contribution in [3.05, 3.63) is 87.3 Å². The fourth-order valence-electron chi connectivity index (χ4n) is 3.97.